The number of benzene rings is 1. The molecule has 0 fully saturated rings. The molecule has 1 aliphatic rings. The summed E-state index contributed by atoms with van der Waals surface area (Å²) in [4.78, 5) is 5.59. The maximum atomic E-state index is 10.2. The minimum atomic E-state index is 0.0943. The number of imidazole rings is 1. The molecule has 3 nitrogen and oxygen atoms in total. The van der Waals surface area contributed by atoms with Crippen molar-refractivity contribution >= 4 is 40.0 Å². The molecule has 0 atom stereocenters. The van der Waals surface area contributed by atoms with E-state index >= 15 is 0 Å². The molecule has 0 spiro atoms. The van der Waals surface area contributed by atoms with E-state index in [-0.39, 0.29) is 6.01 Å². The van der Waals surface area contributed by atoms with Crippen molar-refractivity contribution in [1.29, 1.82) is 0 Å². The van der Waals surface area contributed by atoms with E-state index < -0.39 is 0 Å². The number of thiophene rings is 1. The Balaban J connectivity index is 2.25. The standard InChI is InChI=1S/C14H13BN2OS/c1-7-8(2)19-13-11(7)15(3)9-5-4-6-10-12(9)17(13)14(18)16-10/h4-6H,1-3H3,(H,16,18). The summed E-state index contributed by atoms with van der Waals surface area (Å²) in [6, 6.07) is 6.21. The third kappa shape index (κ3) is 1.21. The molecule has 1 N–H and O–H groups in total. The lowest BCUT2D eigenvalue weighted by atomic mass is 9.41. The van der Waals surface area contributed by atoms with Gasteiger partial charge in [0.2, 0.25) is 6.71 Å². The topological polar surface area (TPSA) is 38.0 Å². The molecule has 94 valence electrons. The number of hydrogen-bond donors (Lipinski definition) is 1. The summed E-state index contributed by atoms with van der Waals surface area (Å²) in [6.45, 7) is 6.90. The second kappa shape index (κ2) is 3.42. The maximum Gasteiger partial charge on any atom is 0.300 e. The Hall–Kier alpha value is -1.75. The van der Waals surface area contributed by atoms with E-state index in [0.29, 0.717) is 6.71 Å². The summed E-state index contributed by atoms with van der Waals surface area (Å²) in [6.07, 6.45) is 0. The number of rotatable bonds is 0. The molecular formula is C14H13BN2OS. The number of aromatic hydroxyl groups is 1. The molecule has 0 bridgehead atoms. The summed E-state index contributed by atoms with van der Waals surface area (Å²) in [5, 5.41) is 11.3. The van der Waals surface area contributed by atoms with Gasteiger partial charge in [0.15, 0.2) is 0 Å². The molecule has 0 aliphatic carbocycles. The van der Waals surface area contributed by atoms with Gasteiger partial charge in [-0.05, 0) is 36.4 Å². The first kappa shape index (κ1) is 11.1. The van der Waals surface area contributed by atoms with Gasteiger partial charge >= 0.3 is 0 Å². The Kier molecular flexibility index (Phi) is 2.00. The molecule has 4 rings (SSSR count). The predicted molar refractivity (Wildman–Crippen MR) is 81.0 cm³/mol. The fourth-order valence-corrected chi connectivity index (χ4v) is 4.40. The highest BCUT2D eigenvalue weighted by Gasteiger charge is 2.32. The molecule has 0 saturated carbocycles. The highest BCUT2D eigenvalue weighted by atomic mass is 32.1. The van der Waals surface area contributed by atoms with Crippen LogP contribution in [0, 0.1) is 13.8 Å². The van der Waals surface area contributed by atoms with Crippen molar-refractivity contribution in [1.82, 2.24) is 9.55 Å². The van der Waals surface area contributed by atoms with Crippen molar-refractivity contribution in [2.24, 2.45) is 0 Å². The highest BCUT2D eigenvalue weighted by Crippen LogP contribution is 2.33. The number of aryl methyl sites for hydroxylation is 1. The summed E-state index contributed by atoms with van der Waals surface area (Å²) in [5.74, 6) is 0. The molecule has 0 unspecified atom stereocenters. The Labute approximate surface area is 115 Å². The number of nitrogens with zero attached hydrogens (tertiary/aromatic N) is 2. The molecule has 0 saturated heterocycles. The van der Waals surface area contributed by atoms with Crippen LogP contribution in [0.2, 0.25) is 6.82 Å². The quantitative estimate of drug-likeness (QED) is 0.633. The lowest BCUT2D eigenvalue weighted by Gasteiger charge is -2.20. The molecular weight excluding hydrogens is 255 g/mol. The molecule has 0 amide bonds. The lowest BCUT2D eigenvalue weighted by Crippen LogP contribution is -2.45. The van der Waals surface area contributed by atoms with Gasteiger partial charge in [0, 0.05) is 4.88 Å². The summed E-state index contributed by atoms with van der Waals surface area (Å²) < 4.78 is 1.91. The van der Waals surface area contributed by atoms with Gasteiger partial charge < -0.3 is 5.11 Å². The number of para-hydroxylation sites is 1. The van der Waals surface area contributed by atoms with Crippen molar-refractivity contribution in [3.05, 3.63) is 28.6 Å². The van der Waals surface area contributed by atoms with Crippen LogP contribution in [0.3, 0.4) is 0 Å². The Morgan fingerprint density at radius 1 is 1.32 bits per heavy atom. The zero-order valence-corrected chi connectivity index (χ0v) is 11.9. The third-order valence-electron chi connectivity index (χ3n) is 4.20. The smallest absolute Gasteiger partial charge is 0.300 e. The summed E-state index contributed by atoms with van der Waals surface area (Å²) >= 11 is 1.74. The highest BCUT2D eigenvalue weighted by molar-refractivity contribution is 7.17. The van der Waals surface area contributed by atoms with Gasteiger partial charge in [0.05, 0.1) is 16.0 Å². The van der Waals surface area contributed by atoms with Crippen LogP contribution in [0.15, 0.2) is 18.2 Å². The van der Waals surface area contributed by atoms with Crippen LogP contribution >= 0.6 is 11.3 Å². The second-order valence-corrected chi connectivity index (χ2v) is 6.39. The van der Waals surface area contributed by atoms with Crippen LogP contribution in [-0.4, -0.2) is 21.4 Å². The van der Waals surface area contributed by atoms with Gasteiger partial charge in [-0.1, -0.05) is 19.0 Å². The van der Waals surface area contributed by atoms with Crippen LogP contribution < -0.4 is 10.9 Å². The molecule has 0 radical (unpaired) electrons. The molecule has 1 aliphatic heterocycles. The monoisotopic (exact) mass is 268 g/mol. The first-order valence-corrected chi connectivity index (χ1v) is 7.22. The first-order valence-electron chi connectivity index (χ1n) is 6.40. The minimum absolute atomic E-state index is 0.0943. The van der Waals surface area contributed by atoms with E-state index in [0.717, 1.165) is 16.0 Å². The second-order valence-electron chi connectivity index (χ2n) is 5.19. The number of aromatic nitrogens is 2. The maximum absolute atomic E-state index is 10.2. The largest absolute Gasteiger partial charge is 0.480 e. The van der Waals surface area contributed by atoms with E-state index in [1.165, 1.54) is 21.4 Å². The minimum Gasteiger partial charge on any atom is -0.480 e. The molecule has 3 heterocycles. The summed E-state index contributed by atoms with van der Waals surface area (Å²) in [5.41, 5.74) is 5.84. The van der Waals surface area contributed by atoms with Crippen LogP contribution in [-0.2, 0) is 0 Å². The van der Waals surface area contributed by atoms with Crippen LogP contribution in [0.25, 0.3) is 16.0 Å². The SMILES string of the molecule is CB1c2c(sc(C)c2C)-n2c(O)nc3cccc1c32. The molecule has 19 heavy (non-hydrogen) atoms. The fourth-order valence-electron chi connectivity index (χ4n) is 3.14. The molecule has 3 aromatic rings. The number of hydrogen-bond acceptors (Lipinski definition) is 3. The van der Waals surface area contributed by atoms with Gasteiger partial charge in [-0.2, -0.15) is 4.98 Å². The van der Waals surface area contributed by atoms with E-state index in [4.69, 9.17) is 0 Å². The molecule has 2 aromatic heterocycles. The Bertz CT molecular complexity index is 834. The molecule has 5 heteroatoms. The fraction of sp³-hybridized carbons (Fsp3) is 0.214. The van der Waals surface area contributed by atoms with E-state index in [1.54, 1.807) is 11.3 Å². The third-order valence-corrected chi connectivity index (χ3v) is 5.41. The average molecular weight is 268 g/mol. The molecule has 1 aromatic carbocycles. The van der Waals surface area contributed by atoms with Crippen molar-refractivity contribution < 1.29 is 5.11 Å². The van der Waals surface area contributed by atoms with E-state index in [1.807, 2.05) is 16.7 Å². The van der Waals surface area contributed by atoms with Gasteiger partial charge in [-0.3, -0.25) is 4.57 Å². The van der Waals surface area contributed by atoms with Crippen molar-refractivity contribution in [2.75, 3.05) is 0 Å². The summed E-state index contributed by atoms with van der Waals surface area (Å²) in [7, 11) is 0. The zero-order chi connectivity index (χ0) is 13.3. The van der Waals surface area contributed by atoms with Gasteiger partial charge in [-0.15, -0.1) is 11.3 Å². The van der Waals surface area contributed by atoms with Gasteiger partial charge in [0.1, 0.15) is 0 Å². The normalized spacial score (nSPS) is 13.1. The zero-order valence-electron chi connectivity index (χ0n) is 11.1. The number of fused-ring (bicyclic) bond motifs is 2. The van der Waals surface area contributed by atoms with Crippen LogP contribution in [0.5, 0.6) is 6.01 Å². The Morgan fingerprint density at radius 2 is 2.11 bits per heavy atom. The lowest BCUT2D eigenvalue weighted by molar-refractivity contribution is 0.426. The van der Waals surface area contributed by atoms with Gasteiger partial charge in [0.25, 0.3) is 6.01 Å². The van der Waals surface area contributed by atoms with Crippen LogP contribution in [0.4, 0.5) is 0 Å². The van der Waals surface area contributed by atoms with Gasteiger partial charge in [-0.25, -0.2) is 0 Å². The van der Waals surface area contributed by atoms with E-state index in [9.17, 15) is 5.11 Å². The average Bonchev–Trinajstić information content (AvgIpc) is 2.85. The van der Waals surface area contributed by atoms with E-state index in [2.05, 4.69) is 31.7 Å². The predicted octanol–water partition coefficient (Wildman–Crippen LogP) is 1.96. The first-order chi connectivity index (χ1) is 9.09. The van der Waals surface area contributed by atoms with Crippen molar-refractivity contribution in [3.63, 3.8) is 0 Å². The Morgan fingerprint density at radius 3 is 2.89 bits per heavy atom. The van der Waals surface area contributed by atoms with Crippen molar-refractivity contribution in [3.8, 4) is 11.0 Å². The van der Waals surface area contributed by atoms with Crippen LogP contribution in [0.1, 0.15) is 10.4 Å². The van der Waals surface area contributed by atoms with Crippen molar-refractivity contribution in [2.45, 2.75) is 20.7 Å².